The Balaban J connectivity index is 1.49. The fraction of sp³-hybridized carbons (Fsp3) is 0.273. The number of nitrogens with one attached hydrogen (secondary N) is 2. The maximum Gasteiger partial charge on any atom is 0.251 e. The van der Waals surface area contributed by atoms with Crippen molar-refractivity contribution in [3.8, 4) is 5.75 Å². The Bertz CT molecular complexity index is 1050. The normalized spacial score (nSPS) is 10.6. The summed E-state index contributed by atoms with van der Waals surface area (Å²) in [4.78, 5) is 24.4. The van der Waals surface area contributed by atoms with Crippen molar-refractivity contribution in [2.75, 3.05) is 24.7 Å². The molecule has 0 aliphatic rings. The maximum atomic E-state index is 13.0. The molecule has 0 unspecified atom stereocenters. The second-order valence-electron chi connectivity index (χ2n) is 6.72. The topological polar surface area (TPSA) is 98.1 Å². The molecule has 3 rings (SSSR count). The van der Waals surface area contributed by atoms with Gasteiger partial charge in [-0.15, -0.1) is 10.2 Å². The van der Waals surface area contributed by atoms with Crippen LogP contribution < -0.4 is 15.4 Å². The molecule has 1 heterocycles. The summed E-state index contributed by atoms with van der Waals surface area (Å²) >= 11 is 1.27. The lowest BCUT2D eigenvalue weighted by Gasteiger charge is -2.09. The highest BCUT2D eigenvalue weighted by molar-refractivity contribution is 7.99. The smallest absolute Gasteiger partial charge is 0.251 e. The minimum absolute atomic E-state index is 0.143. The van der Waals surface area contributed by atoms with Gasteiger partial charge in [0, 0.05) is 30.8 Å². The first-order chi connectivity index (χ1) is 15.5. The Kier molecular flexibility index (Phi) is 8.20. The van der Waals surface area contributed by atoms with E-state index in [-0.39, 0.29) is 23.4 Å². The average molecular weight is 458 g/mol. The molecule has 0 bridgehead atoms. The van der Waals surface area contributed by atoms with Crippen molar-refractivity contribution in [1.29, 1.82) is 0 Å². The summed E-state index contributed by atoms with van der Waals surface area (Å²) in [6.45, 7) is 3.00. The Labute approximate surface area is 189 Å². The molecule has 8 nitrogen and oxygen atoms in total. The van der Waals surface area contributed by atoms with Crippen LogP contribution in [0, 0.1) is 5.82 Å². The van der Waals surface area contributed by atoms with E-state index >= 15 is 0 Å². The van der Waals surface area contributed by atoms with E-state index in [1.54, 1.807) is 31.4 Å². The van der Waals surface area contributed by atoms with Crippen LogP contribution in [-0.4, -0.2) is 46.0 Å². The van der Waals surface area contributed by atoms with Crippen LogP contribution in [0.5, 0.6) is 5.75 Å². The highest BCUT2D eigenvalue weighted by atomic mass is 32.2. The fourth-order valence-corrected chi connectivity index (χ4v) is 3.74. The summed E-state index contributed by atoms with van der Waals surface area (Å²) < 4.78 is 20.0. The number of aromatic nitrogens is 3. The third-order valence-corrected chi connectivity index (χ3v) is 5.52. The highest BCUT2D eigenvalue weighted by Crippen LogP contribution is 2.18. The van der Waals surface area contributed by atoms with Gasteiger partial charge in [-0.1, -0.05) is 11.8 Å². The molecule has 0 spiro atoms. The van der Waals surface area contributed by atoms with Gasteiger partial charge in [0.15, 0.2) is 5.16 Å². The number of halogens is 1. The molecule has 0 fully saturated rings. The van der Waals surface area contributed by atoms with Crippen molar-refractivity contribution in [2.24, 2.45) is 0 Å². The van der Waals surface area contributed by atoms with E-state index in [9.17, 15) is 14.0 Å². The molecule has 2 aromatic carbocycles. The number of amides is 2. The third-order valence-electron chi connectivity index (χ3n) is 4.56. The molecule has 168 valence electrons. The second kappa shape index (κ2) is 11.3. The van der Waals surface area contributed by atoms with Crippen LogP contribution in [0.3, 0.4) is 0 Å². The Morgan fingerprint density at radius 1 is 1.09 bits per heavy atom. The number of thioether (sulfide) groups is 1. The summed E-state index contributed by atoms with van der Waals surface area (Å²) in [6.07, 6.45) is 0.505. The van der Waals surface area contributed by atoms with E-state index in [2.05, 4.69) is 20.8 Å². The lowest BCUT2D eigenvalue weighted by Crippen LogP contribution is -2.26. The molecule has 0 saturated carbocycles. The first-order valence-corrected chi connectivity index (χ1v) is 11.0. The summed E-state index contributed by atoms with van der Waals surface area (Å²) in [6, 6.07) is 12.5. The number of nitrogens with zero attached hydrogens (tertiary/aromatic N) is 3. The van der Waals surface area contributed by atoms with Crippen molar-refractivity contribution < 1.29 is 18.7 Å². The molecule has 0 aliphatic carbocycles. The van der Waals surface area contributed by atoms with Crippen LogP contribution >= 0.6 is 11.8 Å². The van der Waals surface area contributed by atoms with Crippen molar-refractivity contribution in [2.45, 2.75) is 25.0 Å². The predicted octanol–water partition coefficient (Wildman–Crippen LogP) is 3.15. The summed E-state index contributed by atoms with van der Waals surface area (Å²) in [5.41, 5.74) is 1.08. The number of benzene rings is 2. The van der Waals surface area contributed by atoms with Crippen LogP contribution in [0.4, 0.5) is 10.1 Å². The van der Waals surface area contributed by atoms with Crippen LogP contribution in [0.1, 0.15) is 23.1 Å². The van der Waals surface area contributed by atoms with Gasteiger partial charge in [-0.3, -0.25) is 9.59 Å². The number of hydrogen-bond acceptors (Lipinski definition) is 6. The van der Waals surface area contributed by atoms with Gasteiger partial charge in [-0.05, 0) is 55.5 Å². The van der Waals surface area contributed by atoms with E-state index in [4.69, 9.17) is 4.74 Å². The third kappa shape index (κ3) is 6.30. The second-order valence-corrected chi connectivity index (χ2v) is 7.66. The highest BCUT2D eigenvalue weighted by Gasteiger charge is 2.14. The van der Waals surface area contributed by atoms with Gasteiger partial charge in [0.25, 0.3) is 5.91 Å². The molecule has 10 heteroatoms. The predicted molar refractivity (Wildman–Crippen MR) is 120 cm³/mol. The molecule has 0 radical (unpaired) electrons. The minimum atomic E-state index is -0.360. The Morgan fingerprint density at radius 2 is 1.81 bits per heavy atom. The number of carbonyl (C=O) groups is 2. The van der Waals surface area contributed by atoms with Gasteiger partial charge < -0.3 is 19.9 Å². The summed E-state index contributed by atoms with van der Waals surface area (Å²) in [7, 11) is 1.57. The van der Waals surface area contributed by atoms with Crippen molar-refractivity contribution in [1.82, 2.24) is 20.1 Å². The number of carbonyl (C=O) groups excluding carboxylic acids is 2. The molecule has 2 N–H and O–H groups in total. The molecular formula is C22H24FN5O3S. The monoisotopic (exact) mass is 457 g/mol. The summed E-state index contributed by atoms with van der Waals surface area (Å²) in [5, 5.41) is 14.6. The van der Waals surface area contributed by atoms with E-state index in [1.807, 2.05) is 11.5 Å². The number of rotatable bonds is 10. The number of anilines is 1. The number of hydrogen-bond donors (Lipinski definition) is 2. The lowest BCUT2D eigenvalue weighted by atomic mass is 10.2. The standard InChI is InChI=1S/C22H24FN5O3S/c1-3-28-19(12-13-24-21(30)15-4-10-18(31-2)11-5-15)26-27-22(28)32-14-20(29)25-17-8-6-16(23)7-9-17/h4-11H,3,12-14H2,1-2H3,(H,24,30)(H,25,29). The SMILES string of the molecule is CCn1c(CCNC(=O)c2ccc(OC)cc2)nnc1SCC(=O)Nc1ccc(F)cc1. The fourth-order valence-electron chi connectivity index (χ4n) is 2.92. The van der Waals surface area contributed by atoms with Gasteiger partial charge in [0.05, 0.1) is 12.9 Å². The molecule has 0 aliphatic heterocycles. The molecule has 1 aromatic heterocycles. The maximum absolute atomic E-state index is 13.0. The molecule has 2 amide bonds. The summed E-state index contributed by atoms with van der Waals surface area (Å²) in [5.74, 6) is 0.797. The van der Waals surface area contributed by atoms with E-state index in [0.717, 1.165) is 5.82 Å². The quantitative estimate of drug-likeness (QED) is 0.454. The number of methoxy groups -OCH3 is 1. The Hall–Kier alpha value is -3.40. The lowest BCUT2D eigenvalue weighted by molar-refractivity contribution is -0.113. The van der Waals surface area contributed by atoms with Crippen LogP contribution in [0.25, 0.3) is 0 Å². The van der Waals surface area contributed by atoms with Gasteiger partial charge in [-0.25, -0.2) is 4.39 Å². The molecule has 3 aromatic rings. The minimum Gasteiger partial charge on any atom is -0.497 e. The molecular weight excluding hydrogens is 433 g/mol. The molecule has 0 atom stereocenters. The van der Waals surface area contributed by atoms with Crippen molar-refractivity contribution in [3.05, 3.63) is 65.7 Å². The van der Waals surface area contributed by atoms with Crippen molar-refractivity contribution in [3.63, 3.8) is 0 Å². The van der Waals surface area contributed by atoms with E-state index < -0.39 is 0 Å². The van der Waals surface area contributed by atoms with E-state index in [0.29, 0.717) is 41.7 Å². The molecule has 0 saturated heterocycles. The average Bonchev–Trinajstić information content (AvgIpc) is 3.21. The van der Waals surface area contributed by atoms with Gasteiger partial charge >= 0.3 is 0 Å². The van der Waals surface area contributed by atoms with Crippen molar-refractivity contribution >= 4 is 29.3 Å². The van der Waals surface area contributed by atoms with Crippen LogP contribution in [-0.2, 0) is 17.8 Å². The Morgan fingerprint density at radius 3 is 2.47 bits per heavy atom. The first-order valence-electron chi connectivity index (χ1n) is 10.0. The molecule has 32 heavy (non-hydrogen) atoms. The van der Waals surface area contributed by atoms with Crippen LogP contribution in [0.15, 0.2) is 53.7 Å². The zero-order valence-corrected chi connectivity index (χ0v) is 18.6. The van der Waals surface area contributed by atoms with E-state index in [1.165, 1.54) is 36.0 Å². The van der Waals surface area contributed by atoms with Gasteiger partial charge in [-0.2, -0.15) is 0 Å². The largest absolute Gasteiger partial charge is 0.497 e. The zero-order valence-electron chi connectivity index (χ0n) is 17.8. The van der Waals surface area contributed by atoms with Crippen LogP contribution in [0.2, 0.25) is 0 Å². The van der Waals surface area contributed by atoms with Gasteiger partial charge in [0.1, 0.15) is 17.4 Å². The zero-order chi connectivity index (χ0) is 22.9. The first kappa shape index (κ1) is 23.3. The van der Waals surface area contributed by atoms with Gasteiger partial charge in [0.2, 0.25) is 5.91 Å². The number of ether oxygens (including phenoxy) is 1.